The Bertz CT molecular complexity index is 736. The lowest BCUT2D eigenvalue weighted by Gasteiger charge is -2.26. The molecule has 2 aromatic rings. The van der Waals surface area contributed by atoms with Crippen molar-refractivity contribution in [1.29, 1.82) is 0 Å². The Kier molecular flexibility index (Phi) is 2.63. The molecular weight excluding hydrogens is 264 g/mol. The second-order valence-corrected chi connectivity index (χ2v) is 4.31. The standard InChI is InChI=1S/C12H10N4O4/c17-10-3-5-15(12(20)13-10)8-2-1-4-16-9(8)6-7(14-16)11(18)19/h1-2,4,6H,3,5H2,(H,18,19)(H,13,17,20). The first-order chi connectivity index (χ1) is 9.56. The van der Waals surface area contributed by atoms with E-state index in [0.29, 0.717) is 11.2 Å². The molecule has 8 nitrogen and oxygen atoms in total. The summed E-state index contributed by atoms with van der Waals surface area (Å²) in [5.41, 5.74) is 0.901. The second kappa shape index (κ2) is 4.34. The minimum absolute atomic E-state index is 0.106. The van der Waals surface area contributed by atoms with Crippen LogP contribution in [0.15, 0.2) is 24.4 Å². The number of amides is 3. The average Bonchev–Trinajstić information content (AvgIpc) is 2.83. The van der Waals surface area contributed by atoms with Crippen molar-refractivity contribution < 1.29 is 19.5 Å². The monoisotopic (exact) mass is 274 g/mol. The first-order valence-corrected chi connectivity index (χ1v) is 5.89. The van der Waals surface area contributed by atoms with Crippen LogP contribution in [0.5, 0.6) is 0 Å². The molecule has 0 aliphatic carbocycles. The van der Waals surface area contributed by atoms with Crippen molar-refractivity contribution in [3.63, 3.8) is 0 Å². The Morgan fingerprint density at radius 2 is 2.20 bits per heavy atom. The summed E-state index contributed by atoms with van der Waals surface area (Å²) in [6, 6.07) is 4.21. The van der Waals surface area contributed by atoms with Crippen molar-refractivity contribution in [3.05, 3.63) is 30.1 Å². The normalized spacial score (nSPS) is 15.5. The summed E-state index contributed by atoms with van der Waals surface area (Å²) in [5, 5.41) is 15.1. The number of fused-ring (bicyclic) bond motifs is 1. The number of nitrogens with zero attached hydrogens (tertiary/aromatic N) is 3. The highest BCUT2D eigenvalue weighted by Gasteiger charge is 2.26. The fourth-order valence-corrected chi connectivity index (χ4v) is 2.13. The zero-order valence-corrected chi connectivity index (χ0v) is 10.2. The smallest absolute Gasteiger partial charge is 0.356 e. The molecule has 1 aliphatic rings. The topological polar surface area (TPSA) is 104 Å². The number of pyridine rings is 1. The highest BCUT2D eigenvalue weighted by atomic mass is 16.4. The number of aromatic nitrogens is 2. The van der Waals surface area contributed by atoms with Crippen molar-refractivity contribution in [2.45, 2.75) is 6.42 Å². The third kappa shape index (κ3) is 1.87. The Labute approximate surface area is 112 Å². The first-order valence-electron chi connectivity index (χ1n) is 5.89. The van der Waals surface area contributed by atoms with E-state index in [4.69, 9.17) is 5.11 Å². The number of hydrogen-bond acceptors (Lipinski definition) is 4. The van der Waals surface area contributed by atoms with Crippen LogP contribution in [0, 0.1) is 0 Å². The molecule has 20 heavy (non-hydrogen) atoms. The molecule has 0 bridgehead atoms. The zero-order valence-electron chi connectivity index (χ0n) is 10.2. The molecule has 0 spiro atoms. The molecule has 0 unspecified atom stereocenters. The Hall–Kier alpha value is -2.90. The van der Waals surface area contributed by atoms with E-state index >= 15 is 0 Å². The molecule has 1 fully saturated rings. The summed E-state index contributed by atoms with van der Waals surface area (Å²) in [6.45, 7) is 0.248. The van der Waals surface area contributed by atoms with Crippen LogP contribution in [-0.2, 0) is 4.79 Å². The lowest BCUT2D eigenvalue weighted by molar-refractivity contribution is -0.120. The SMILES string of the molecule is O=C1CCN(c2cccn3nc(C(=O)O)cc23)C(=O)N1. The number of carbonyl (C=O) groups excluding carboxylic acids is 2. The van der Waals surface area contributed by atoms with Gasteiger partial charge in [0.2, 0.25) is 5.91 Å². The highest BCUT2D eigenvalue weighted by molar-refractivity contribution is 6.07. The lowest BCUT2D eigenvalue weighted by Crippen LogP contribution is -2.49. The molecule has 0 atom stereocenters. The van der Waals surface area contributed by atoms with E-state index in [1.165, 1.54) is 15.5 Å². The van der Waals surface area contributed by atoms with Gasteiger partial charge in [0, 0.05) is 25.2 Å². The van der Waals surface area contributed by atoms with Gasteiger partial charge >= 0.3 is 12.0 Å². The van der Waals surface area contributed by atoms with Gasteiger partial charge in [-0.1, -0.05) is 0 Å². The van der Waals surface area contributed by atoms with Crippen molar-refractivity contribution in [2.75, 3.05) is 11.4 Å². The molecule has 0 radical (unpaired) electrons. The number of carboxylic acids is 1. The van der Waals surface area contributed by atoms with Crippen LogP contribution in [0.1, 0.15) is 16.9 Å². The number of anilines is 1. The molecule has 1 saturated heterocycles. The number of carboxylic acid groups (broad SMARTS) is 1. The van der Waals surface area contributed by atoms with Crippen LogP contribution < -0.4 is 10.2 Å². The average molecular weight is 274 g/mol. The molecule has 8 heteroatoms. The maximum Gasteiger partial charge on any atom is 0.356 e. The Morgan fingerprint density at radius 1 is 1.40 bits per heavy atom. The van der Waals surface area contributed by atoms with Gasteiger partial charge in [0.15, 0.2) is 5.69 Å². The number of hydrogen-bond donors (Lipinski definition) is 2. The van der Waals surface area contributed by atoms with Crippen LogP contribution in [0.2, 0.25) is 0 Å². The quantitative estimate of drug-likeness (QED) is 0.828. The molecular formula is C12H10N4O4. The molecule has 0 saturated carbocycles. The molecule has 0 aromatic carbocycles. The van der Waals surface area contributed by atoms with Gasteiger partial charge < -0.3 is 5.11 Å². The van der Waals surface area contributed by atoms with Gasteiger partial charge in [0.25, 0.3) is 0 Å². The van der Waals surface area contributed by atoms with Gasteiger partial charge in [0.1, 0.15) is 0 Å². The molecule has 2 aromatic heterocycles. The molecule has 2 N–H and O–H groups in total. The third-order valence-electron chi connectivity index (χ3n) is 3.04. The third-order valence-corrected chi connectivity index (χ3v) is 3.04. The largest absolute Gasteiger partial charge is 0.476 e. The number of imide groups is 1. The molecule has 102 valence electrons. The van der Waals surface area contributed by atoms with Gasteiger partial charge in [-0.15, -0.1) is 0 Å². The van der Waals surface area contributed by atoms with E-state index in [1.54, 1.807) is 18.3 Å². The van der Waals surface area contributed by atoms with Crippen LogP contribution in [0.3, 0.4) is 0 Å². The predicted octanol–water partition coefficient (Wildman–Crippen LogP) is 0.479. The van der Waals surface area contributed by atoms with E-state index in [2.05, 4.69) is 10.4 Å². The van der Waals surface area contributed by atoms with Crippen molar-refractivity contribution >= 4 is 29.1 Å². The van der Waals surface area contributed by atoms with Crippen molar-refractivity contribution in [2.24, 2.45) is 0 Å². The number of carbonyl (C=O) groups is 3. The predicted molar refractivity (Wildman–Crippen MR) is 67.7 cm³/mol. The van der Waals surface area contributed by atoms with Crippen molar-refractivity contribution in [1.82, 2.24) is 14.9 Å². The minimum Gasteiger partial charge on any atom is -0.476 e. The van der Waals surface area contributed by atoms with E-state index in [1.807, 2.05) is 0 Å². The van der Waals surface area contributed by atoms with E-state index in [9.17, 15) is 14.4 Å². The second-order valence-electron chi connectivity index (χ2n) is 4.31. The molecule has 1 aliphatic heterocycles. The van der Waals surface area contributed by atoms with E-state index in [0.717, 1.165) is 0 Å². The van der Waals surface area contributed by atoms with Gasteiger partial charge in [-0.2, -0.15) is 5.10 Å². The minimum atomic E-state index is -1.14. The van der Waals surface area contributed by atoms with Gasteiger partial charge in [-0.25, -0.2) is 14.1 Å². The highest BCUT2D eigenvalue weighted by Crippen LogP contribution is 2.24. The first kappa shape index (κ1) is 12.2. The summed E-state index contributed by atoms with van der Waals surface area (Å²) < 4.78 is 1.39. The molecule has 3 heterocycles. The lowest BCUT2D eigenvalue weighted by atomic mass is 10.2. The fraction of sp³-hybridized carbons (Fsp3) is 0.167. The van der Waals surface area contributed by atoms with E-state index < -0.39 is 12.0 Å². The van der Waals surface area contributed by atoms with Gasteiger partial charge in [-0.3, -0.25) is 15.0 Å². The summed E-state index contributed by atoms with van der Waals surface area (Å²) in [7, 11) is 0. The summed E-state index contributed by atoms with van der Waals surface area (Å²) >= 11 is 0. The molecule has 3 amide bonds. The summed E-state index contributed by atoms with van der Waals surface area (Å²) in [5.74, 6) is -1.46. The summed E-state index contributed by atoms with van der Waals surface area (Å²) in [4.78, 5) is 35.3. The van der Waals surface area contributed by atoms with E-state index in [-0.39, 0.29) is 24.6 Å². The summed E-state index contributed by atoms with van der Waals surface area (Å²) in [6.07, 6.45) is 1.80. The van der Waals surface area contributed by atoms with Gasteiger partial charge in [-0.05, 0) is 12.1 Å². The number of urea groups is 1. The van der Waals surface area contributed by atoms with Crippen LogP contribution >= 0.6 is 0 Å². The van der Waals surface area contributed by atoms with Crippen LogP contribution in [-0.4, -0.2) is 39.2 Å². The number of rotatable bonds is 2. The van der Waals surface area contributed by atoms with Crippen molar-refractivity contribution in [3.8, 4) is 0 Å². The maximum atomic E-state index is 11.8. The number of aromatic carboxylic acids is 1. The van der Waals surface area contributed by atoms with Crippen LogP contribution in [0.25, 0.3) is 5.52 Å². The maximum absolute atomic E-state index is 11.8. The van der Waals surface area contributed by atoms with Gasteiger partial charge in [0.05, 0.1) is 11.2 Å². The Balaban J connectivity index is 2.09. The zero-order chi connectivity index (χ0) is 14.3. The number of nitrogens with one attached hydrogen (secondary N) is 1. The van der Waals surface area contributed by atoms with Crippen LogP contribution in [0.4, 0.5) is 10.5 Å². The Morgan fingerprint density at radius 3 is 2.90 bits per heavy atom. The molecule has 3 rings (SSSR count). The fourth-order valence-electron chi connectivity index (χ4n) is 2.13.